The van der Waals surface area contributed by atoms with Crippen LogP contribution in [-0.2, 0) is 32.8 Å². The van der Waals surface area contributed by atoms with E-state index in [0.717, 1.165) is 0 Å². The summed E-state index contributed by atoms with van der Waals surface area (Å²) in [5.74, 6) is 0.183. The second-order valence-corrected chi connectivity index (χ2v) is 6.70. The summed E-state index contributed by atoms with van der Waals surface area (Å²) in [5.41, 5.74) is 0. The number of carbonyl (C=O) groups is 1. The van der Waals surface area contributed by atoms with E-state index in [9.17, 15) is 13.2 Å². The first-order valence-electron chi connectivity index (χ1n) is 5.61. The first-order valence-corrected chi connectivity index (χ1v) is 7.33. The Labute approximate surface area is 107 Å². The highest BCUT2D eigenvalue weighted by atomic mass is 32.2. The second-order valence-electron chi connectivity index (χ2n) is 4.16. The minimum atomic E-state index is -3.31. The van der Waals surface area contributed by atoms with Crippen molar-refractivity contribution in [3.05, 3.63) is 18.2 Å². The fraction of sp³-hybridized carbons (Fsp3) is 0.636. The number of esters is 1. The van der Waals surface area contributed by atoms with Gasteiger partial charge in [-0.3, -0.25) is 4.79 Å². The summed E-state index contributed by atoms with van der Waals surface area (Å²) >= 11 is 0. The van der Waals surface area contributed by atoms with E-state index in [-0.39, 0.29) is 12.2 Å². The summed E-state index contributed by atoms with van der Waals surface area (Å²) in [4.78, 5) is 15.1. The number of hydrogen-bond donors (Lipinski definition) is 0. The normalized spacial score (nSPS) is 13.3. The minimum Gasteiger partial charge on any atom is -0.469 e. The average Bonchev–Trinajstić information content (AvgIpc) is 2.72. The lowest BCUT2D eigenvalue weighted by molar-refractivity contribution is -0.140. The second kappa shape index (κ2) is 5.99. The molecule has 0 radical (unpaired) electrons. The Kier molecular flexibility index (Phi) is 4.89. The van der Waals surface area contributed by atoms with E-state index in [1.807, 2.05) is 7.05 Å². The van der Waals surface area contributed by atoms with E-state index in [1.54, 1.807) is 17.0 Å². The van der Waals surface area contributed by atoms with E-state index in [1.165, 1.54) is 14.0 Å². The van der Waals surface area contributed by atoms with Gasteiger partial charge >= 0.3 is 5.97 Å². The number of carbonyl (C=O) groups excluding carboxylic acids is 1. The number of nitrogens with zero attached hydrogens (tertiary/aromatic N) is 2. The van der Waals surface area contributed by atoms with Gasteiger partial charge in [0.1, 0.15) is 5.82 Å². The van der Waals surface area contributed by atoms with Crippen molar-refractivity contribution in [1.82, 2.24) is 9.55 Å². The smallest absolute Gasteiger partial charge is 0.306 e. The zero-order chi connectivity index (χ0) is 13.8. The van der Waals surface area contributed by atoms with Crippen LogP contribution >= 0.6 is 0 Å². The molecule has 1 atom stereocenters. The van der Waals surface area contributed by atoms with Crippen LogP contribution in [0.1, 0.15) is 19.2 Å². The Balaban J connectivity index is 2.59. The number of rotatable bonds is 6. The molecule has 0 fully saturated rings. The van der Waals surface area contributed by atoms with Gasteiger partial charge in [-0.1, -0.05) is 0 Å². The van der Waals surface area contributed by atoms with Crippen LogP contribution in [0.25, 0.3) is 0 Å². The first kappa shape index (κ1) is 14.7. The van der Waals surface area contributed by atoms with Crippen LogP contribution in [0.5, 0.6) is 0 Å². The molecule has 7 heteroatoms. The minimum absolute atomic E-state index is 0.0178. The Bertz CT molecular complexity index is 507. The lowest BCUT2D eigenvalue weighted by atomic mass is 10.3. The molecule has 1 unspecified atom stereocenters. The summed E-state index contributed by atoms with van der Waals surface area (Å²) < 4.78 is 30.1. The molecule has 0 bridgehead atoms. The molecular weight excluding hydrogens is 256 g/mol. The molecule has 0 saturated heterocycles. The standard InChI is InChI=1S/C11H18N2O4S/c1-9(8-11(14)17-3)18(15,16)7-4-10-12-5-6-13(10)2/h5-6,9H,4,7-8H2,1-3H3. The molecule has 1 aromatic rings. The van der Waals surface area contributed by atoms with Crippen molar-refractivity contribution in [3.8, 4) is 0 Å². The van der Waals surface area contributed by atoms with Crippen molar-refractivity contribution >= 4 is 15.8 Å². The summed E-state index contributed by atoms with van der Waals surface area (Å²) in [7, 11) is -0.255. The maximum absolute atomic E-state index is 11.9. The lowest BCUT2D eigenvalue weighted by Gasteiger charge is -2.11. The number of aryl methyl sites for hydroxylation is 2. The average molecular weight is 274 g/mol. The van der Waals surface area contributed by atoms with Gasteiger partial charge in [-0.2, -0.15) is 0 Å². The molecule has 0 N–H and O–H groups in total. The monoisotopic (exact) mass is 274 g/mol. The third-order valence-corrected chi connectivity index (χ3v) is 4.99. The Hall–Kier alpha value is -1.37. The molecule has 1 rings (SSSR count). The number of aromatic nitrogens is 2. The summed E-state index contributed by atoms with van der Waals surface area (Å²) in [6, 6.07) is 0. The van der Waals surface area contributed by atoms with Crippen LogP contribution in [0.4, 0.5) is 0 Å². The Morgan fingerprint density at radius 1 is 1.56 bits per heavy atom. The maximum atomic E-state index is 11.9. The largest absolute Gasteiger partial charge is 0.469 e. The molecule has 1 heterocycles. The van der Waals surface area contributed by atoms with Gasteiger partial charge in [0.2, 0.25) is 0 Å². The third-order valence-electron chi connectivity index (χ3n) is 2.83. The van der Waals surface area contributed by atoms with Crippen LogP contribution in [0.2, 0.25) is 0 Å². The number of hydrogen-bond acceptors (Lipinski definition) is 5. The fourth-order valence-electron chi connectivity index (χ4n) is 1.52. The van der Waals surface area contributed by atoms with E-state index < -0.39 is 21.1 Å². The Morgan fingerprint density at radius 3 is 2.72 bits per heavy atom. The van der Waals surface area contributed by atoms with E-state index >= 15 is 0 Å². The summed E-state index contributed by atoms with van der Waals surface area (Å²) in [5, 5.41) is -0.731. The molecule has 18 heavy (non-hydrogen) atoms. The van der Waals surface area contributed by atoms with Crippen molar-refractivity contribution < 1.29 is 17.9 Å². The lowest BCUT2D eigenvalue weighted by Crippen LogP contribution is -2.26. The number of sulfone groups is 1. The van der Waals surface area contributed by atoms with Gasteiger partial charge in [-0.05, 0) is 6.92 Å². The van der Waals surface area contributed by atoms with Gasteiger partial charge < -0.3 is 9.30 Å². The molecular formula is C11H18N2O4S. The van der Waals surface area contributed by atoms with Gasteiger partial charge in [0, 0.05) is 25.9 Å². The van der Waals surface area contributed by atoms with E-state index in [0.29, 0.717) is 12.2 Å². The highest BCUT2D eigenvalue weighted by molar-refractivity contribution is 7.92. The van der Waals surface area contributed by atoms with Crippen LogP contribution in [-0.4, -0.2) is 42.1 Å². The van der Waals surface area contributed by atoms with Gasteiger partial charge in [0.15, 0.2) is 9.84 Å². The molecule has 0 aliphatic rings. The highest BCUT2D eigenvalue weighted by Crippen LogP contribution is 2.09. The van der Waals surface area contributed by atoms with Gasteiger partial charge in [-0.15, -0.1) is 0 Å². The van der Waals surface area contributed by atoms with Crippen molar-refractivity contribution in [1.29, 1.82) is 0 Å². The van der Waals surface area contributed by atoms with Gasteiger partial charge in [0.25, 0.3) is 0 Å². The Morgan fingerprint density at radius 2 is 2.22 bits per heavy atom. The SMILES string of the molecule is COC(=O)CC(C)S(=O)(=O)CCc1nccn1C. The molecule has 6 nitrogen and oxygen atoms in total. The molecule has 0 aliphatic heterocycles. The maximum Gasteiger partial charge on any atom is 0.306 e. The number of ether oxygens (including phenoxy) is 1. The topological polar surface area (TPSA) is 78.3 Å². The molecule has 0 saturated carbocycles. The molecule has 1 aromatic heterocycles. The van der Waals surface area contributed by atoms with Gasteiger partial charge in [0.05, 0.1) is 24.5 Å². The van der Waals surface area contributed by atoms with Crippen molar-refractivity contribution in [3.63, 3.8) is 0 Å². The van der Waals surface area contributed by atoms with Crippen molar-refractivity contribution in [2.24, 2.45) is 7.05 Å². The first-order chi connectivity index (χ1) is 8.36. The zero-order valence-corrected chi connectivity index (χ0v) is 11.6. The predicted molar refractivity (Wildman–Crippen MR) is 66.8 cm³/mol. The number of imidazole rings is 1. The fourth-order valence-corrected chi connectivity index (χ4v) is 2.78. The molecule has 0 amide bonds. The molecule has 0 spiro atoms. The van der Waals surface area contributed by atoms with Crippen LogP contribution in [0, 0.1) is 0 Å². The molecule has 0 aromatic carbocycles. The van der Waals surface area contributed by atoms with Crippen molar-refractivity contribution in [2.45, 2.75) is 25.0 Å². The quantitative estimate of drug-likeness (QED) is 0.698. The van der Waals surface area contributed by atoms with E-state index in [2.05, 4.69) is 9.72 Å². The van der Waals surface area contributed by atoms with Crippen LogP contribution < -0.4 is 0 Å². The molecule has 102 valence electrons. The summed E-state index contributed by atoms with van der Waals surface area (Å²) in [6.07, 6.45) is 3.62. The van der Waals surface area contributed by atoms with E-state index in [4.69, 9.17) is 0 Å². The zero-order valence-electron chi connectivity index (χ0n) is 10.8. The molecule has 0 aliphatic carbocycles. The predicted octanol–water partition coefficient (Wildman–Crippen LogP) is 0.329. The van der Waals surface area contributed by atoms with Crippen molar-refractivity contribution in [2.75, 3.05) is 12.9 Å². The highest BCUT2D eigenvalue weighted by Gasteiger charge is 2.24. The number of methoxy groups -OCH3 is 1. The van der Waals surface area contributed by atoms with Crippen LogP contribution in [0.15, 0.2) is 12.4 Å². The summed E-state index contributed by atoms with van der Waals surface area (Å²) in [6.45, 7) is 1.52. The van der Waals surface area contributed by atoms with Crippen LogP contribution in [0.3, 0.4) is 0 Å². The third kappa shape index (κ3) is 3.83. The van der Waals surface area contributed by atoms with Gasteiger partial charge in [-0.25, -0.2) is 13.4 Å².